The number of carbonyl (C=O) groups excluding carboxylic acids is 1. The molecule has 1 aromatic rings. The molecule has 1 unspecified atom stereocenters. The van der Waals surface area contributed by atoms with E-state index in [1.54, 1.807) is 18.2 Å². The first-order chi connectivity index (χ1) is 8.40. The summed E-state index contributed by atoms with van der Waals surface area (Å²) in [6, 6.07) is 3.99. The predicted octanol–water partition coefficient (Wildman–Crippen LogP) is 2.67. The van der Waals surface area contributed by atoms with Gasteiger partial charge >= 0.3 is 5.97 Å². The molecule has 7 heteroatoms. The van der Waals surface area contributed by atoms with Gasteiger partial charge in [-0.1, -0.05) is 23.2 Å². The van der Waals surface area contributed by atoms with E-state index in [4.69, 9.17) is 28.3 Å². The fourth-order valence-electron chi connectivity index (χ4n) is 1.18. The van der Waals surface area contributed by atoms with E-state index in [-0.39, 0.29) is 11.7 Å². The number of aliphatic carboxylic acids is 1. The van der Waals surface area contributed by atoms with Crippen LogP contribution in [0.15, 0.2) is 23.1 Å². The summed E-state index contributed by atoms with van der Waals surface area (Å²) in [5.41, 5.74) is 0. The van der Waals surface area contributed by atoms with Gasteiger partial charge in [0.1, 0.15) is 6.04 Å². The molecule has 98 valence electrons. The maximum absolute atomic E-state index is 10.9. The van der Waals surface area contributed by atoms with Crippen LogP contribution in [0.3, 0.4) is 0 Å². The molecule has 4 nitrogen and oxygen atoms in total. The van der Waals surface area contributed by atoms with Crippen molar-refractivity contribution in [1.82, 2.24) is 5.32 Å². The summed E-state index contributed by atoms with van der Waals surface area (Å²) < 4.78 is 0. The second-order valence-corrected chi connectivity index (χ2v) is 5.38. The molecule has 18 heavy (non-hydrogen) atoms. The van der Waals surface area contributed by atoms with Gasteiger partial charge in [-0.3, -0.25) is 4.79 Å². The van der Waals surface area contributed by atoms with E-state index in [0.717, 1.165) is 0 Å². The van der Waals surface area contributed by atoms with Gasteiger partial charge in [0, 0.05) is 22.6 Å². The monoisotopic (exact) mass is 307 g/mol. The highest BCUT2D eigenvalue weighted by Crippen LogP contribution is 2.30. The maximum atomic E-state index is 10.9. The minimum absolute atomic E-state index is 0.176. The topological polar surface area (TPSA) is 66.4 Å². The normalized spacial score (nSPS) is 11.9. The second kappa shape index (κ2) is 6.87. The molecule has 1 atom stereocenters. The van der Waals surface area contributed by atoms with Gasteiger partial charge in [-0.2, -0.15) is 0 Å². The van der Waals surface area contributed by atoms with Crippen LogP contribution in [0.4, 0.5) is 0 Å². The number of thioether (sulfide) groups is 1. The first-order valence-corrected chi connectivity index (χ1v) is 6.72. The summed E-state index contributed by atoms with van der Waals surface area (Å²) in [5.74, 6) is -1.30. The number of benzene rings is 1. The molecule has 0 spiro atoms. The lowest BCUT2D eigenvalue weighted by Gasteiger charge is -2.13. The molecule has 1 rings (SSSR count). The molecular formula is C11H11Cl2NO3S. The number of nitrogens with one attached hydrogen (secondary N) is 1. The highest BCUT2D eigenvalue weighted by molar-refractivity contribution is 7.99. The number of rotatable bonds is 5. The van der Waals surface area contributed by atoms with E-state index < -0.39 is 12.0 Å². The number of halogens is 2. The molecule has 0 aromatic heterocycles. The van der Waals surface area contributed by atoms with E-state index in [0.29, 0.717) is 14.9 Å². The summed E-state index contributed by atoms with van der Waals surface area (Å²) in [4.78, 5) is 22.5. The molecule has 0 aliphatic rings. The smallest absolute Gasteiger partial charge is 0.327 e. The van der Waals surface area contributed by atoms with Crippen LogP contribution in [0.5, 0.6) is 0 Å². The number of hydrogen-bond donors (Lipinski definition) is 2. The molecule has 0 saturated carbocycles. The van der Waals surface area contributed by atoms with E-state index in [9.17, 15) is 9.59 Å². The molecule has 1 amide bonds. The zero-order chi connectivity index (χ0) is 13.7. The van der Waals surface area contributed by atoms with E-state index in [2.05, 4.69) is 5.32 Å². The molecule has 0 aliphatic carbocycles. The summed E-state index contributed by atoms with van der Waals surface area (Å²) in [6.45, 7) is 1.27. The molecule has 0 fully saturated rings. The highest BCUT2D eigenvalue weighted by Gasteiger charge is 2.19. The lowest BCUT2D eigenvalue weighted by molar-refractivity contribution is -0.140. The van der Waals surface area contributed by atoms with Crippen molar-refractivity contribution in [3.63, 3.8) is 0 Å². The van der Waals surface area contributed by atoms with Crippen LogP contribution in [0.1, 0.15) is 6.92 Å². The number of amides is 1. The van der Waals surface area contributed by atoms with Crippen molar-refractivity contribution < 1.29 is 14.7 Å². The van der Waals surface area contributed by atoms with Gasteiger partial charge in [-0.05, 0) is 18.2 Å². The van der Waals surface area contributed by atoms with Crippen molar-refractivity contribution in [2.45, 2.75) is 17.9 Å². The Morgan fingerprint density at radius 3 is 2.67 bits per heavy atom. The number of carbonyl (C=O) groups is 2. The van der Waals surface area contributed by atoms with Crippen molar-refractivity contribution in [3.8, 4) is 0 Å². The van der Waals surface area contributed by atoms with Crippen molar-refractivity contribution in [3.05, 3.63) is 28.2 Å². The summed E-state index contributed by atoms with van der Waals surface area (Å²) in [6.07, 6.45) is 0. The molecule has 0 heterocycles. The Kier molecular flexibility index (Phi) is 5.78. The van der Waals surface area contributed by atoms with E-state index in [1.807, 2.05) is 0 Å². The lowest BCUT2D eigenvalue weighted by atomic mass is 10.3. The fraction of sp³-hybridized carbons (Fsp3) is 0.273. The third-order valence-electron chi connectivity index (χ3n) is 1.97. The molecular weight excluding hydrogens is 297 g/mol. The lowest BCUT2D eigenvalue weighted by Crippen LogP contribution is -2.41. The standard InChI is InChI=1S/C11H11Cl2NO3S/c1-6(15)14-9(11(16)17)5-18-10-4-7(12)2-3-8(10)13/h2-4,9H,5H2,1H3,(H,14,15)(H,16,17). The molecule has 2 N–H and O–H groups in total. The van der Waals surface area contributed by atoms with Gasteiger partial charge in [-0.25, -0.2) is 4.79 Å². The average molecular weight is 308 g/mol. The molecule has 0 bridgehead atoms. The SMILES string of the molecule is CC(=O)NC(CSc1cc(Cl)ccc1Cl)C(=O)O. The molecule has 1 aromatic carbocycles. The third kappa shape index (κ3) is 4.76. The quantitative estimate of drug-likeness (QED) is 0.821. The summed E-state index contributed by atoms with van der Waals surface area (Å²) >= 11 is 13.0. The Balaban J connectivity index is 2.69. The fourth-order valence-corrected chi connectivity index (χ4v) is 2.69. The van der Waals surface area contributed by atoms with Crippen molar-refractivity contribution in [2.75, 3.05) is 5.75 Å². The van der Waals surface area contributed by atoms with Crippen LogP contribution in [-0.4, -0.2) is 28.8 Å². The Bertz CT molecular complexity index is 468. The van der Waals surface area contributed by atoms with Crippen LogP contribution >= 0.6 is 35.0 Å². The summed E-state index contributed by atoms with van der Waals surface area (Å²) in [5, 5.41) is 12.3. The van der Waals surface area contributed by atoms with Gasteiger partial charge in [0.15, 0.2) is 0 Å². The Hall–Kier alpha value is -0.910. The minimum atomic E-state index is -1.09. The van der Waals surface area contributed by atoms with Gasteiger partial charge in [0.2, 0.25) is 5.91 Å². The number of carboxylic acid groups (broad SMARTS) is 1. The van der Waals surface area contributed by atoms with Gasteiger partial charge in [0.25, 0.3) is 0 Å². The molecule has 0 saturated heterocycles. The first kappa shape index (κ1) is 15.1. The first-order valence-electron chi connectivity index (χ1n) is 4.98. The predicted molar refractivity (Wildman–Crippen MR) is 72.4 cm³/mol. The number of carboxylic acids is 1. The van der Waals surface area contributed by atoms with Gasteiger partial charge in [-0.15, -0.1) is 11.8 Å². The van der Waals surface area contributed by atoms with Crippen molar-refractivity contribution in [2.24, 2.45) is 0 Å². The maximum Gasteiger partial charge on any atom is 0.327 e. The summed E-state index contributed by atoms with van der Waals surface area (Å²) in [7, 11) is 0. The zero-order valence-corrected chi connectivity index (χ0v) is 11.8. The van der Waals surface area contributed by atoms with Crippen LogP contribution < -0.4 is 5.32 Å². The van der Waals surface area contributed by atoms with E-state index >= 15 is 0 Å². The zero-order valence-electron chi connectivity index (χ0n) is 9.44. The Morgan fingerprint density at radius 2 is 2.11 bits per heavy atom. The van der Waals surface area contributed by atoms with Crippen molar-refractivity contribution in [1.29, 1.82) is 0 Å². The molecule has 0 radical (unpaired) electrons. The van der Waals surface area contributed by atoms with Crippen LogP contribution in [0.25, 0.3) is 0 Å². The van der Waals surface area contributed by atoms with E-state index in [1.165, 1.54) is 18.7 Å². The van der Waals surface area contributed by atoms with Gasteiger partial charge in [0.05, 0.1) is 5.02 Å². The van der Waals surface area contributed by atoms with Crippen LogP contribution in [0.2, 0.25) is 10.0 Å². The largest absolute Gasteiger partial charge is 0.480 e. The minimum Gasteiger partial charge on any atom is -0.480 e. The highest BCUT2D eigenvalue weighted by atomic mass is 35.5. The molecule has 0 aliphatic heterocycles. The average Bonchev–Trinajstić information content (AvgIpc) is 2.27. The van der Waals surface area contributed by atoms with Crippen molar-refractivity contribution >= 4 is 46.8 Å². The Labute approximate surface area is 119 Å². The number of hydrogen-bond acceptors (Lipinski definition) is 3. The van der Waals surface area contributed by atoms with Crippen LogP contribution in [0, 0.1) is 0 Å². The van der Waals surface area contributed by atoms with Crippen LogP contribution in [-0.2, 0) is 9.59 Å². The second-order valence-electron chi connectivity index (χ2n) is 3.48. The van der Waals surface area contributed by atoms with Gasteiger partial charge < -0.3 is 10.4 Å². The Morgan fingerprint density at radius 1 is 1.44 bits per heavy atom. The third-order valence-corrected chi connectivity index (χ3v) is 3.80.